The molecule has 3 rings (SSSR count). The van der Waals surface area contributed by atoms with Crippen LogP contribution in [0.25, 0.3) is 20.3 Å². The molecule has 2 aromatic heterocycles. The Bertz CT molecular complexity index is 630. The molecular weight excluding hydrogens is 206 g/mol. The highest BCUT2D eigenvalue weighted by Crippen LogP contribution is 2.33. The lowest BCUT2D eigenvalue weighted by Crippen LogP contribution is -1.99. The van der Waals surface area contributed by atoms with Gasteiger partial charge in [0.05, 0.1) is 15.9 Å². The Labute approximate surface area is 90.6 Å². The summed E-state index contributed by atoms with van der Waals surface area (Å²) in [5.74, 6) is 0. The maximum atomic E-state index is 5.65. The maximum absolute atomic E-state index is 5.65. The molecule has 4 heteroatoms. The Hall–Kier alpha value is -1.52. The van der Waals surface area contributed by atoms with Crippen molar-refractivity contribution in [3.8, 4) is 0 Å². The predicted octanol–water partition coefficient (Wildman–Crippen LogP) is 2.30. The summed E-state index contributed by atoms with van der Waals surface area (Å²) in [7, 11) is 0. The van der Waals surface area contributed by atoms with Gasteiger partial charge in [0.1, 0.15) is 6.33 Å². The first-order chi connectivity index (χ1) is 7.40. The standard InChI is InChI=1S/C11H9N3S/c12-5-8-11-10(14-6-13-8)7-3-1-2-4-9(7)15-11/h1-4,6H,5,12H2. The molecule has 0 aliphatic heterocycles. The molecule has 0 saturated carbocycles. The average Bonchev–Trinajstić information content (AvgIpc) is 2.67. The molecule has 0 radical (unpaired) electrons. The molecular formula is C11H9N3S. The van der Waals surface area contributed by atoms with Gasteiger partial charge in [-0.15, -0.1) is 11.3 Å². The zero-order valence-electron chi connectivity index (χ0n) is 7.97. The third-order valence-corrected chi connectivity index (χ3v) is 3.63. The lowest BCUT2D eigenvalue weighted by Gasteiger charge is -1.95. The van der Waals surface area contributed by atoms with Crippen molar-refractivity contribution in [3.05, 3.63) is 36.3 Å². The summed E-state index contributed by atoms with van der Waals surface area (Å²) in [6, 6.07) is 8.25. The second kappa shape index (κ2) is 3.25. The number of rotatable bonds is 1. The highest BCUT2D eigenvalue weighted by molar-refractivity contribution is 7.25. The first-order valence-corrected chi connectivity index (χ1v) is 5.53. The summed E-state index contributed by atoms with van der Waals surface area (Å²) >= 11 is 1.71. The van der Waals surface area contributed by atoms with Crippen LogP contribution >= 0.6 is 11.3 Å². The smallest absolute Gasteiger partial charge is 0.116 e. The Kier molecular flexibility index (Phi) is 1.90. The van der Waals surface area contributed by atoms with E-state index in [0.29, 0.717) is 6.54 Å². The van der Waals surface area contributed by atoms with Crippen molar-refractivity contribution in [2.45, 2.75) is 6.54 Å². The van der Waals surface area contributed by atoms with Gasteiger partial charge in [-0.05, 0) is 6.07 Å². The molecule has 0 spiro atoms. The number of nitrogens with two attached hydrogens (primary N) is 1. The van der Waals surface area contributed by atoms with Crippen molar-refractivity contribution in [1.82, 2.24) is 9.97 Å². The van der Waals surface area contributed by atoms with Crippen LogP contribution in [0.3, 0.4) is 0 Å². The minimum Gasteiger partial charge on any atom is -0.325 e. The molecule has 2 N–H and O–H groups in total. The van der Waals surface area contributed by atoms with Crippen LogP contribution in [0.2, 0.25) is 0 Å². The van der Waals surface area contributed by atoms with E-state index in [1.54, 1.807) is 17.7 Å². The van der Waals surface area contributed by atoms with Gasteiger partial charge in [0.2, 0.25) is 0 Å². The van der Waals surface area contributed by atoms with Gasteiger partial charge in [-0.3, -0.25) is 0 Å². The highest BCUT2D eigenvalue weighted by Gasteiger charge is 2.08. The van der Waals surface area contributed by atoms with Crippen molar-refractivity contribution < 1.29 is 0 Å². The van der Waals surface area contributed by atoms with Gasteiger partial charge in [0, 0.05) is 16.6 Å². The van der Waals surface area contributed by atoms with Crippen molar-refractivity contribution in [3.63, 3.8) is 0 Å². The van der Waals surface area contributed by atoms with Crippen LogP contribution in [0.15, 0.2) is 30.6 Å². The number of thiophene rings is 1. The Morgan fingerprint density at radius 3 is 2.93 bits per heavy atom. The quantitative estimate of drug-likeness (QED) is 0.677. The normalized spacial score (nSPS) is 11.3. The molecule has 0 aliphatic rings. The molecule has 2 heterocycles. The van der Waals surface area contributed by atoms with Crippen LogP contribution in [-0.4, -0.2) is 9.97 Å². The monoisotopic (exact) mass is 215 g/mol. The van der Waals surface area contributed by atoms with E-state index in [2.05, 4.69) is 22.1 Å². The molecule has 0 unspecified atom stereocenters. The molecule has 3 nitrogen and oxygen atoms in total. The summed E-state index contributed by atoms with van der Waals surface area (Å²) < 4.78 is 2.35. The van der Waals surface area contributed by atoms with E-state index in [1.807, 2.05) is 12.1 Å². The fourth-order valence-corrected chi connectivity index (χ4v) is 2.87. The predicted molar refractivity (Wildman–Crippen MR) is 62.8 cm³/mol. The fourth-order valence-electron chi connectivity index (χ4n) is 1.72. The third-order valence-electron chi connectivity index (χ3n) is 2.43. The Morgan fingerprint density at radius 2 is 2.07 bits per heavy atom. The molecule has 15 heavy (non-hydrogen) atoms. The molecule has 1 aromatic carbocycles. The van der Waals surface area contributed by atoms with Crippen molar-refractivity contribution in [1.29, 1.82) is 0 Å². The van der Waals surface area contributed by atoms with Gasteiger partial charge < -0.3 is 5.73 Å². The molecule has 3 aromatic rings. The lowest BCUT2D eigenvalue weighted by atomic mass is 10.2. The zero-order valence-corrected chi connectivity index (χ0v) is 8.79. The zero-order chi connectivity index (χ0) is 10.3. The number of nitrogens with zero attached hydrogens (tertiary/aromatic N) is 2. The SMILES string of the molecule is NCc1ncnc2c1sc1ccccc12. The van der Waals surface area contributed by atoms with Gasteiger partial charge in [-0.25, -0.2) is 9.97 Å². The molecule has 0 fully saturated rings. The van der Waals surface area contributed by atoms with E-state index in [1.165, 1.54) is 10.1 Å². The molecule has 0 amide bonds. The van der Waals surface area contributed by atoms with Gasteiger partial charge in [-0.1, -0.05) is 18.2 Å². The van der Waals surface area contributed by atoms with E-state index in [9.17, 15) is 0 Å². The van der Waals surface area contributed by atoms with E-state index in [0.717, 1.165) is 15.9 Å². The second-order valence-electron chi connectivity index (χ2n) is 3.30. The molecule has 74 valence electrons. The van der Waals surface area contributed by atoms with Gasteiger partial charge in [-0.2, -0.15) is 0 Å². The van der Waals surface area contributed by atoms with Crippen LogP contribution < -0.4 is 5.73 Å². The average molecular weight is 215 g/mol. The first-order valence-electron chi connectivity index (χ1n) is 4.71. The molecule has 0 atom stereocenters. The van der Waals surface area contributed by atoms with E-state index < -0.39 is 0 Å². The molecule has 0 saturated heterocycles. The number of benzene rings is 1. The fraction of sp³-hybridized carbons (Fsp3) is 0.0909. The first kappa shape index (κ1) is 8.76. The number of aromatic nitrogens is 2. The van der Waals surface area contributed by atoms with Gasteiger partial charge >= 0.3 is 0 Å². The Morgan fingerprint density at radius 1 is 1.20 bits per heavy atom. The van der Waals surface area contributed by atoms with E-state index >= 15 is 0 Å². The third kappa shape index (κ3) is 1.22. The number of hydrogen-bond acceptors (Lipinski definition) is 4. The minimum atomic E-state index is 0.464. The summed E-state index contributed by atoms with van der Waals surface area (Å²) in [6.45, 7) is 0.464. The Balaban J connectivity index is 2.53. The maximum Gasteiger partial charge on any atom is 0.116 e. The largest absolute Gasteiger partial charge is 0.325 e. The number of hydrogen-bond donors (Lipinski definition) is 1. The summed E-state index contributed by atoms with van der Waals surface area (Å²) in [6.07, 6.45) is 1.59. The van der Waals surface area contributed by atoms with Crippen LogP contribution in [-0.2, 0) is 6.54 Å². The summed E-state index contributed by atoms with van der Waals surface area (Å²) in [4.78, 5) is 8.52. The van der Waals surface area contributed by atoms with Gasteiger partial charge in [0.25, 0.3) is 0 Å². The number of fused-ring (bicyclic) bond motifs is 3. The molecule has 0 aliphatic carbocycles. The second-order valence-corrected chi connectivity index (χ2v) is 4.35. The van der Waals surface area contributed by atoms with Crippen molar-refractivity contribution in [2.24, 2.45) is 5.73 Å². The topological polar surface area (TPSA) is 51.8 Å². The van der Waals surface area contributed by atoms with Crippen molar-refractivity contribution in [2.75, 3.05) is 0 Å². The highest BCUT2D eigenvalue weighted by atomic mass is 32.1. The van der Waals surface area contributed by atoms with Gasteiger partial charge in [0.15, 0.2) is 0 Å². The van der Waals surface area contributed by atoms with Crippen LogP contribution in [0, 0.1) is 0 Å². The van der Waals surface area contributed by atoms with E-state index in [-0.39, 0.29) is 0 Å². The van der Waals surface area contributed by atoms with E-state index in [4.69, 9.17) is 5.73 Å². The van der Waals surface area contributed by atoms with Crippen LogP contribution in [0.5, 0.6) is 0 Å². The summed E-state index contributed by atoms with van der Waals surface area (Å²) in [5.41, 5.74) is 7.61. The molecule has 0 bridgehead atoms. The summed E-state index contributed by atoms with van der Waals surface area (Å²) in [5, 5.41) is 1.19. The lowest BCUT2D eigenvalue weighted by molar-refractivity contribution is 0.995. The minimum absolute atomic E-state index is 0.464. The van der Waals surface area contributed by atoms with Crippen LogP contribution in [0.4, 0.5) is 0 Å². The van der Waals surface area contributed by atoms with Crippen molar-refractivity contribution >= 4 is 31.6 Å². The van der Waals surface area contributed by atoms with Crippen LogP contribution in [0.1, 0.15) is 5.69 Å².